The summed E-state index contributed by atoms with van der Waals surface area (Å²) in [5, 5.41) is 0. The van der Waals surface area contributed by atoms with Gasteiger partial charge in [-0.15, -0.1) is 0 Å². The standard InChI is InChI=1S/C24H28N4O4/c1-17-25-21(16-30-2)20(15-18-6-4-7-19(14-18)31-3)23(26-17)27-9-11-28(12-10-27)24(29)22-8-5-13-32-22/h4-8,13-14H,9-12,15-16H2,1-3H3. The molecular formula is C24H28N4O4. The van der Waals surface area contributed by atoms with Gasteiger partial charge >= 0.3 is 0 Å². The van der Waals surface area contributed by atoms with Crippen molar-refractivity contribution in [2.45, 2.75) is 20.0 Å². The third-order valence-electron chi connectivity index (χ3n) is 5.58. The number of carbonyl (C=O) groups excluding carboxylic acids is 1. The Morgan fingerprint density at radius 2 is 1.91 bits per heavy atom. The minimum Gasteiger partial charge on any atom is -0.497 e. The van der Waals surface area contributed by atoms with E-state index in [2.05, 4.69) is 16.0 Å². The number of benzene rings is 1. The van der Waals surface area contributed by atoms with Crippen LogP contribution in [0.15, 0.2) is 47.1 Å². The van der Waals surface area contributed by atoms with Gasteiger partial charge in [-0.2, -0.15) is 0 Å². The van der Waals surface area contributed by atoms with Gasteiger partial charge in [0, 0.05) is 45.3 Å². The summed E-state index contributed by atoms with van der Waals surface area (Å²) in [4.78, 5) is 26.1. The van der Waals surface area contributed by atoms with Gasteiger partial charge in [-0.05, 0) is 36.8 Å². The Morgan fingerprint density at radius 3 is 2.59 bits per heavy atom. The average Bonchev–Trinajstić information content (AvgIpc) is 3.35. The predicted octanol–water partition coefficient (Wildman–Crippen LogP) is 3.09. The highest BCUT2D eigenvalue weighted by Gasteiger charge is 2.27. The molecule has 0 aliphatic carbocycles. The highest BCUT2D eigenvalue weighted by molar-refractivity contribution is 5.91. The number of aryl methyl sites for hydroxylation is 1. The number of amides is 1. The van der Waals surface area contributed by atoms with E-state index in [-0.39, 0.29) is 5.91 Å². The molecule has 4 rings (SSSR count). The van der Waals surface area contributed by atoms with Crippen LogP contribution in [0.25, 0.3) is 0 Å². The summed E-state index contributed by atoms with van der Waals surface area (Å²) in [7, 11) is 3.34. The van der Waals surface area contributed by atoms with Gasteiger partial charge in [0.1, 0.15) is 17.4 Å². The van der Waals surface area contributed by atoms with Crippen LogP contribution in [0.3, 0.4) is 0 Å². The lowest BCUT2D eigenvalue weighted by Gasteiger charge is -2.36. The van der Waals surface area contributed by atoms with Gasteiger partial charge in [0.15, 0.2) is 5.76 Å². The second kappa shape index (κ2) is 9.82. The van der Waals surface area contributed by atoms with E-state index < -0.39 is 0 Å². The molecule has 1 aromatic carbocycles. The topological polar surface area (TPSA) is 80.9 Å². The Labute approximate surface area is 187 Å². The molecule has 0 bridgehead atoms. The van der Waals surface area contributed by atoms with E-state index in [1.165, 1.54) is 6.26 Å². The van der Waals surface area contributed by atoms with E-state index in [1.54, 1.807) is 26.4 Å². The van der Waals surface area contributed by atoms with Gasteiger partial charge in [0.25, 0.3) is 5.91 Å². The summed E-state index contributed by atoms with van der Waals surface area (Å²) in [5.41, 5.74) is 3.03. The molecule has 2 aromatic heterocycles. The van der Waals surface area contributed by atoms with Crippen molar-refractivity contribution in [1.29, 1.82) is 0 Å². The molecule has 0 spiro atoms. The highest BCUT2D eigenvalue weighted by Crippen LogP contribution is 2.27. The fourth-order valence-electron chi connectivity index (χ4n) is 4.00. The minimum absolute atomic E-state index is 0.0785. The van der Waals surface area contributed by atoms with Crippen LogP contribution in [0.2, 0.25) is 0 Å². The number of aromatic nitrogens is 2. The van der Waals surface area contributed by atoms with Crippen LogP contribution in [0, 0.1) is 6.92 Å². The highest BCUT2D eigenvalue weighted by atomic mass is 16.5. The lowest BCUT2D eigenvalue weighted by molar-refractivity contribution is 0.0714. The molecule has 3 aromatic rings. The van der Waals surface area contributed by atoms with E-state index in [1.807, 2.05) is 30.0 Å². The van der Waals surface area contributed by atoms with Crippen molar-refractivity contribution in [3.05, 3.63) is 71.1 Å². The fourth-order valence-corrected chi connectivity index (χ4v) is 4.00. The molecule has 8 nitrogen and oxygen atoms in total. The summed E-state index contributed by atoms with van der Waals surface area (Å²) >= 11 is 0. The zero-order chi connectivity index (χ0) is 22.5. The second-order valence-electron chi connectivity index (χ2n) is 7.74. The monoisotopic (exact) mass is 436 g/mol. The van der Waals surface area contributed by atoms with E-state index in [4.69, 9.17) is 18.9 Å². The maximum absolute atomic E-state index is 12.6. The Balaban J connectivity index is 1.59. The van der Waals surface area contributed by atoms with Gasteiger partial charge in [0.2, 0.25) is 0 Å². The number of carbonyl (C=O) groups is 1. The van der Waals surface area contributed by atoms with Crippen molar-refractivity contribution in [3.8, 4) is 5.75 Å². The normalized spacial score (nSPS) is 14.0. The van der Waals surface area contributed by atoms with Gasteiger partial charge in [-0.1, -0.05) is 12.1 Å². The molecule has 0 atom stereocenters. The number of hydrogen-bond acceptors (Lipinski definition) is 7. The van der Waals surface area contributed by atoms with Crippen LogP contribution in [0.1, 0.15) is 33.2 Å². The quantitative estimate of drug-likeness (QED) is 0.563. The van der Waals surface area contributed by atoms with Crippen LogP contribution in [-0.4, -0.2) is 61.2 Å². The number of rotatable bonds is 7. The molecular weight excluding hydrogens is 408 g/mol. The van der Waals surface area contributed by atoms with E-state index >= 15 is 0 Å². The van der Waals surface area contributed by atoms with Crippen LogP contribution in [0.5, 0.6) is 5.75 Å². The van der Waals surface area contributed by atoms with Crippen molar-refractivity contribution >= 4 is 11.7 Å². The molecule has 1 aliphatic heterocycles. The maximum Gasteiger partial charge on any atom is 0.289 e. The Morgan fingerprint density at radius 1 is 1.09 bits per heavy atom. The first-order valence-corrected chi connectivity index (χ1v) is 10.6. The zero-order valence-corrected chi connectivity index (χ0v) is 18.7. The zero-order valence-electron chi connectivity index (χ0n) is 18.7. The fraction of sp³-hybridized carbons (Fsp3) is 0.375. The molecule has 32 heavy (non-hydrogen) atoms. The summed E-state index contributed by atoms with van der Waals surface area (Å²) in [5.74, 6) is 2.71. The van der Waals surface area contributed by atoms with Gasteiger partial charge < -0.3 is 23.7 Å². The number of anilines is 1. The number of ether oxygens (including phenoxy) is 2. The van der Waals surface area contributed by atoms with E-state index in [9.17, 15) is 4.79 Å². The number of methoxy groups -OCH3 is 2. The largest absolute Gasteiger partial charge is 0.497 e. The van der Waals surface area contributed by atoms with Gasteiger partial charge in [-0.25, -0.2) is 9.97 Å². The van der Waals surface area contributed by atoms with Crippen LogP contribution in [0.4, 0.5) is 5.82 Å². The average molecular weight is 437 g/mol. The molecule has 1 fully saturated rings. The first kappa shape index (κ1) is 21.8. The van der Waals surface area contributed by atoms with Crippen molar-refractivity contribution in [2.75, 3.05) is 45.3 Å². The smallest absolute Gasteiger partial charge is 0.289 e. The molecule has 0 unspecified atom stereocenters. The van der Waals surface area contributed by atoms with Crippen molar-refractivity contribution in [3.63, 3.8) is 0 Å². The second-order valence-corrected chi connectivity index (χ2v) is 7.74. The lowest BCUT2D eigenvalue weighted by Crippen LogP contribution is -2.49. The van der Waals surface area contributed by atoms with Gasteiger partial charge in [-0.3, -0.25) is 4.79 Å². The summed E-state index contributed by atoms with van der Waals surface area (Å²) in [6.07, 6.45) is 2.19. The summed E-state index contributed by atoms with van der Waals surface area (Å²) in [6.45, 7) is 4.86. The maximum atomic E-state index is 12.6. The third kappa shape index (κ3) is 4.75. The number of piperazine rings is 1. The molecule has 0 N–H and O–H groups in total. The van der Waals surface area contributed by atoms with Crippen LogP contribution in [-0.2, 0) is 17.8 Å². The molecule has 168 valence electrons. The Bertz CT molecular complexity index is 1060. The Kier molecular flexibility index (Phi) is 6.70. The number of furan rings is 1. The van der Waals surface area contributed by atoms with Crippen LogP contribution < -0.4 is 9.64 Å². The molecule has 1 saturated heterocycles. The first-order valence-electron chi connectivity index (χ1n) is 10.6. The predicted molar refractivity (Wildman–Crippen MR) is 120 cm³/mol. The minimum atomic E-state index is -0.0785. The Hall–Kier alpha value is -3.39. The number of hydrogen-bond donors (Lipinski definition) is 0. The molecule has 0 radical (unpaired) electrons. The van der Waals surface area contributed by atoms with Crippen molar-refractivity contribution in [1.82, 2.24) is 14.9 Å². The molecule has 1 aliphatic rings. The molecule has 1 amide bonds. The molecule has 0 saturated carbocycles. The third-order valence-corrected chi connectivity index (χ3v) is 5.58. The van der Waals surface area contributed by atoms with Crippen molar-refractivity contribution < 1.29 is 18.7 Å². The lowest BCUT2D eigenvalue weighted by atomic mass is 10.0. The summed E-state index contributed by atoms with van der Waals surface area (Å²) < 4.78 is 16.1. The summed E-state index contributed by atoms with van der Waals surface area (Å²) in [6, 6.07) is 11.4. The van der Waals surface area contributed by atoms with E-state index in [0.717, 1.165) is 28.4 Å². The molecule has 8 heteroatoms. The molecule has 3 heterocycles. The van der Waals surface area contributed by atoms with Crippen LogP contribution >= 0.6 is 0 Å². The van der Waals surface area contributed by atoms with E-state index in [0.29, 0.717) is 50.8 Å². The van der Waals surface area contributed by atoms with Gasteiger partial charge in [0.05, 0.1) is 25.7 Å². The SMILES string of the molecule is COCc1nc(C)nc(N2CCN(C(=O)c3ccco3)CC2)c1Cc1cccc(OC)c1. The number of nitrogens with zero attached hydrogens (tertiary/aromatic N) is 4. The van der Waals surface area contributed by atoms with Crippen molar-refractivity contribution in [2.24, 2.45) is 0 Å². The first-order chi connectivity index (χ1) is 15.6.